The third-order valence-electron chi connectivity index (χ3n) is 4.73. The fraction of sp³-hybridized carbons (Fsp3) is 0.318. The summed E-state index contributed by atoms with van der Waals surface area (Å²) in [6.45, 7) is 1.45. The zero-order valence-electron chi connectivity index (χ0n) is 17.4. The summed E-state index contributed by atoms with van der Waals surface area (Å²) in [5.41, 5.74) is 1.44. The second kappa shape index (κ2) is 10.8. The van der Waals surface area contributed by atoms with E-state index in [-0.39, 0.29) is 30.3 Å². The summed E-state index contributed by atoms with van der Waals surface area (Å²) in [6.07, 6.45) is 4.80. The number of sulfonamides is 1. The first-order valence-electron chi connectivity index (χ1n) is 9.68. The Balaban J connectivity index is 1.70. The minimum atomic E-state index is -3.74. The van der Waals surface area contributed by atoms with Gasteiger partial charge in [-0.3, -0.25) is 0 Å². The lowest BCUT2D eigenvalue weighted by atomic mass is 10.2. The van der Waals surface area contributed by atoms with Crippen molar-refractivity contribution in [2.24, 2.45) is 0 Å². The average Bonchev–Trinajstić information content (AvgIpc) is 2.82. The maximum absolute atomic E-state index is 13.0. The van der Waals surface area contributed by atoms with Gasteiger partial charge >= 0.3 is 5.97 Å². The topological polar surface area (TPSA) is 82.1 Å². The first-order valence-corrected chi connectivity index (χ1v) is 12.3. The van der Waals surface area contributed by atoms with Crippen molar-refractivity contribution in [3.63, 3.8) is 0 Å². The zero-order valence-corrected chi connectivity index (χ0v) is 19.1. The van der Waals surface area contributed by atoms with Crippen LogP contribution in [0.5, 0.6) is 5.75 Å². The molecule has 0 aromatic heterocycles. The van der Waals surface area contributed by atoms with E-state index < -0.39 is 16.0 Å². The third kappa shape index (κ3) is 6.10. The van der Waals surface area contributed by atoms with Crippen LogP contribution in [0.25, 0.3) is 6.08 Å². The molecule has 166 valence electrons. The molecule has 1 saturated heterocycles. The smallest absolute Gasteiger partial charge is 0.331 e. The van der Waals surface area contributed by atoms with Gasteiger partial charge in [-0.25, -0.2) is 13.2 Å². The molecule has 0 radical (unpaired) electrons. The number of nitrogens with zero attached hydrogens (tertiary/aromatic N) is 1. The molecule has 0 saturated carbocycles. The Labute approximate surface area is 187 Å². The quantitative estimate of drug-likeness (QED) is 0.338. The molecule has 0 amide bonds. The molecule has 0 bridgehead atoms. The second-order valence-electron chi connectivity index (χ2n) is 6.72. The number of carbonyl (C=O) groups excluding carboxylic acids is 1. The van der Waals surface area contributed by atoms with Crippen LogP contribution >= 0.6 is 11.8 Å². The third-order valence-corrected chi connectivity index (χ3v) is 7.39. The van der Waals surface area contributed by atoms with E-state index in [1.54, 1.807) is 23.9 Å². The van der Waals surface area contributed by atoms with Crippen LogP contribution in [0.3, 0.4) is 0 Å². The van der Waals surface area contributed by atoms with Crippen molar-refractivity contribution < 1.29 is 27.4 Å². The highest BCUT2D eigenvalue weighted by atomic mass is 32.2. The summed E-state index contributed by atoms with van der Waals surface area (Å²) in [7, 11) is -2.32. The Hall–Kier alpha value is -2.33. The number of ether oxygens (including phenoxy) is 3. The van der Waals surface area contributed by atoms with Crippen LogP contribution in [0.2, 0.25) is 0 Å². The highest BCUT2D eigenvalue weighted by Gasteiger charge is 2.29. The highest BCUT2D eigenvalue weighted by molar-refractivity contribution is 7.98. The molecule has 1 heterocycles. The molecule has 0 aliphatic carbocycles. The number of rotatable bonds is 8. The summed E-state index contributed by atoms with van der Waals surface area (Å²) in [4.78, 5) is 13.3. The van der Waals surface area contributed by atoms with Crippen LogP contribution in [0.4, 0.5) is 0 Å². The van der Waals surface area contributed by atoms with Crippen molar-refractivity contribution in [3.05, 3.63) is 59.7 Å². The Morgan fingerprint density at radius 3 is 2.52 bits per heavy atom. The van der Waals surface area contributed by atoms with Crippen LogP contribution < -0.4 is 4.74 Å². The minimum Gasteiger partial charge on any atom is -0.495 e. The SMILES string of the molecule is COc1ccc(/C=C/C(=O)OCc2ccc(SC)cc2)cc1S(=O)(=O)N1CCOCC1. The fourth-order valence-corrected chi connectivity index (χ4v) is 5.02. The van der Waals surface area contributed by atoms with Gasteiger partial charge in [0.1, 0.15) is 17.3 Å². The molecule has 7 nitrogen and oxygen atoms in total. The van der Waals surface area contributed by atoms with Gasteiger partial charge in [0.05, 0.1) is 20.3 Å². The molecular formula is C22H25NO6S2. The van der Waals surface area contributed by atoms with Crippen molar-refractivity contribution in [1.29, 1.82) is 0 Å². The summed E-state index contributed by atoms with van der Waals surface area (Å²) < 4.78 is 43.2. The normalized spacial score (nSPS) is 15.2. The Morgan fingerprint density at radius 1 is 1.16 bits per heavy atom. The predicted octanol–water partition coefficient (Wildman–Crippen LogP) is 3.19. The Bertz CT molecular complexity index is 1030. The number of methoxy groups -OCH3 is 1. The first kappa shape index (κ1) is 23.3. The maximum atomic E-state index is 13.0. The molecule has 1 aliphatic rings. The number of thioether (sulfide) groups is 1. The van der Waals surface area contributed by atoms with Crippen molar-refractivity contribution in [2.45, 2.75) is 16.4 Å². The van der Waals surface area contributed by atoms with Gasteiger partial charge in [-0.1, -0.05) is 18.2 Å². The van der Waals surface area contributed by atoms with Crippen LogP contribution in [0.15, 0.2) is 58.3 Å². The highest BCUT2D eigenvalue weighted by Crippen LogP contribution is 2.29. The zero-order chi connectivity index (χ0) is 22.3. The largest absolute Gasteiger partial charge is 0.495 e. The summed E-state index contributed by atoms with van der Waals surface area (Å²) in [5, 5.41) is 0. The van der Waals surface area contributed by atoms with Crippen molar-refractivity contribution in [3.8, 4) is 5.75 Å². The molecule has 31 heavy (non-hydrogen) atoms. The fourth-order valence-electron chi connectivity index (χ4n) is 3.01. The molecule has 1 fully saturated rings. The van der Waals surface area contributed by atoms with Crippen LogP contribution in [0, 0.1) is 0 Å². The molecule has 1 aliphatic heterocycles. The summed E-state index contributed by atoms with van der Waals surface area (Å²) in [5.74, 6) is -0.262. The van der Waals surface area contributed by atoms with Crippen molar-refractivity contribution >= 4 is 33.8 Å². The van der Waals surface area contributed by atoms with E-state index in [9.17, 15) is 13.2 Å². The number of hydrogen-bond donors (Lipinski definition) is 0. The van der Waals surface area contributed by atoms with Gasteiger partial charge in [0.25, 0.3) is 0 Å². The summed E-state index contributed by atoms with van der Waals surface area (Å²) >= 11 is 1.64. The molecule has 0 N–H and O–H groups in total. The number of hydrogen-bond acceptors (Lipinski definition) is 7. The van der Waals surface area contributed by atoms with Crippen LogP contribution in [0.1, 0.15) is 11.1 Å². The molecule has 3 rings (SSSR count). The van der Waals surface area contributed by atoms with E-state index in [1.165, 1.54) is 29.6 Å². The maximum Gasteiger partial charge on any atom is 0.331 e. The van der Waals surface area contributed by atoms with Crippen LogP contribution in [-0.2, 0) is 30.9 Å². The van der Waals surface area contributed by atoms with E-state index in [1.807, 2.05) is 30.5 Å². The lowest BCUT2D eigenvalue weighted by Gasteiger charge is -2.26. The molecular weight excluding hydrogens is 438 g/mol. The molecule has 9 heteroatoms. The summed E-state index contributed by atoms with van der Waals surface area (Å²) in [6, 6.07) is 12.5. The predicted molar refractivity (Wildman–Crippen MR) is 120 cm³/mol. The van der Waals surface area contributed by atoms with E-state index in [0.29, 0.717) is 18.8 Å². The Morgan fingerprint density at radius 2 is 1.87 bits per heavy atom. The van der Waals surface area contributed by atoms with Gasteiger partial charge in [0.15, 0.2) is 0 Å². The van der Waals surface area contributed by atoms with E-state index in [4.69, 9.17) is 14.2 Å². The number of benzene rings is 2. The standard InChI is InChI=1S/C22H25NO6S2/c1-27-20-9-5-17(15-21(20)31(25,26)23-11-13-28-14-12-23)6-10-22(24)29-16-18-3-7-19(30-2)8-4-18/h3-10,15H,11-14,16H2,1-2H3/b10-6+. The minimum absolute atomic E-state index is 0.0568. The molecule has 2 aromatic carbocycles. The van der Waals surface area contributed by atoms with Gasteiger partial charge in [-0.05, 0) is 47.7 Å². The molecule has 0 spiro atoms. The average molecular weight is 464 g/mol. The van der Waals surface area contributed by atoms with Gasteiger partial charge in [0.2, 0.25) is 10.0 Å². The first-order chi connectivity index (χ1) is 14.9. The van der Waals surface area contributed by atoms with Gasteiger partial charge < -0.3 is 14.2 Å². The van der Waals surface area contributed by atoms with Crippen molar-refractivity contribution in [2.75, 3.05) is 39.7 Å². The molecule has 0 atom stereocenters. The second-order valence-corrected chi connectivity index (χ2v) is 9.50. The van der Waals surface area contributed by atoms with E-state index in [2.05, 4.69) is 0 Å². The van der Waals surface area contributed by atoms with E-state index in [0.717, 1.165) is 10.5 Å². The molecule has 2 aromatic rings. The van der Waals surface area contributed by atoms with Gasteiger partial charge in [-0.2, -0.15) is 4.31 Å². The monoisotopic (exact) mass is 463 g/mol. The number of esters is 1. The number of morpholine rings is 1. The lowest BCUT2D eigenvalue weighted by molar-refractivity contribution is -0.138. The molecule has 0 unspecified atom stereocenters. The van der Waals surface area contributed by atoms with Gasteiger partial charge in [-0.15, -0.1) is 11.8 Å². The number of carbonyl (C=O) groups is 1. The Kier molecular flexibility index (Phi) is 8.14. The van der Waals surface area contributed by atoms with Gasteiger partial charge in [0, 0.05) is 24.1 Å². The lowest BCUT2D eigenvalue weighted by Crippen LogP contribution is -2.40. The van der Waals surface area contributed by atoms with Crippen molar-refractivity contribution in [1.82, 2.24) is 4.31 Å². The van der Waals surface area contributed by atoms with E-state index >= 15 is 0 Å². The van der Waals surface area contributed by atoms with Crippen LogP contribution in [-0.4, -0.2) is 58.4 Å².